The molecule has 0 radical (unpaired) electrons. The maximum absolute atomic E-state index is 7.51. The smallest absolute Gasteiger partial charge is 0.0710 e. The first-order chi connectivity index (χ1) is 6.29. The van der Waals surface area contributed by atoms with Crippen LogP contribution in [0.25, 0.3) is 0 Å². The van der Waals surface area contributed by atoms with Crippen molar-refractivity contribution in [2.45, 2.75) is 19.4 Å². The molecule has 1 unspecified atom stereocenters. The molecule has 2 nitrogen and oxygen atoms in total. The minimum atomic E-state index is -2.60. The molecule has 9 heavy (non-hydrogen) atoms. The van der Waals surface area contributed by atoms with Gasteiger partial charge in [0, 0.05) is 27.1 Å². The number of nitrogens with zero attached hydrogens (tertiary/aromatic N) is 1. The summed E-state index contributed by atoms with van der Waals surface area (Å²) in [5.41, 5.74) is 0. The van der Waals surface area contributed by atoms with Crippen molar-refractivity contribution in [1.82, 2.24) is 4.90 Å². The fraction of sp³-hybridized carbons (Fsp3) is 1.00. The van der Waals surface area contributed by atoms with Gasteiger partial charge in [0.2, 0.25) is 0 Å². The van der Waals surface area contributed by atoms with Crippen LogP contribution in [0.1, 0.15) is 20.1 Å². The highest BCUT2D eigenvalue weighted by molar-refractivity contribution is 4.73. The van der Waals surface area contributed by atoms with E-state index < -0.39 is 13.3 Å². The van der Waals surface area contributed by atoms with Gasteiger partial charge in [-0.3, -0.25) is 0 Å². The van der Waals surface area contributed by atoms with Crippen LogP contribution in [-0.4, -0.2) is 37.7 Å². The van der Waals surface area contributed by atoms with Crippen LogP contribution in [-0.2, 0) is 4.74 Å². The summed E-state index contributed by atoms with van der Waals surface area (Å²) in [6, 6.07) is 0. The number of methoxy groups -OCH3 is 1. The Morgan fingerprint density at radius 2 is 2.89 bits per heavy atom. The fourth-order valence-corrected chi connectivity index (χ4v) is 1.02. The average Bonchev–Trinajstić information content (AvgIpc) is 2.49. The SMILES string of the molecule is [2H]C([2H])([2H])C([2H])([2H])N1CCC(OC)C1. The van der Waals surface area contributed by atoms with E-state index in [-0.39, 0.29) is 6.10 Å². The molecule has 2 heteroatoms. The van der Waals surface area contributed by atoms with Crippen molar-refractivity contribution in [1.29, 1.82) is 0 Å². The lowest BCUT2D eigenvalue weighted by Gasteiger charge is -2.11. The molecule has 0 amide bonds. The summed E-state index contributed by atoms with van der Waals surface area (Å²) in [6.45, 7) is -4.07. The molecule has 1 saturated heterocycles. The summed E-state index contributed by atoms with van der Waals surface area (Å²) in [5.74, 6) is 0. The zero-order valence-corrected chi connectivity index (χ0v) is 5.55. The second kappa shape index (κ2) is 3.18. The van der Waals surface area contributed by atoms with E-state index in [4.69, 9.17) is 11.6 Å². The summed E-state index contributed by atoms with van der Waals surface area (Å²) < 4.78 is 41.4. The molecule has 0 N–H and O–H groups in total. The van der Waals surface area contributed by atoms with Crippen molar-refractivity contribution in [3.05, 3.63) is 0 Å². The highest BCUT2D eigenvalue weighted by atomic mass is 16.5. The standard InChI is InChI=1S/C7H15NO/c1-3-8-5-4-7(6-8)9-2/h7H,3-6H2,1-2H3/i1D3,3D2. The molecule has 0 aliphatic carbocycles. The van der Waals surface area contributed by atoms with Crippen molar-refractivity contribution in [3.63, 3.8) is 0 Å². The quantitative estimate of drug-likeness (QED) is 0.552. The van der Waals surface area contributed by atoms with Gasteiger partial charge in [-0.15, -0.1) is 0 Å². The van der Waals surface area contributed by atoms with Gasteiger partial charge >= 0.3 is 0 Å². The van der Waals surface area contributed by atoms with Gasteiger partial charge in [0.05, 0.1) is 6.10 Å². The Morgan fingerprint density at radius 1 is 2.00 bits per heavy atom. The molecular formula is C7H15NO. The van der Waals surface area contributed by atoms with E-state index in [1.54, 1.807) is 7.11 Å². The van der Waals surface area contributed by atoms with Gasteiger partial charge in [-0.2, -0.15) is 0 Å². The summed E-state index contributed by atoms with van der Waals surface area (Å²) in [7, 11) is 1.55. The molecule has 0 bridgehead atoms. The largest absolute Gasteiger partial charge is 0.380 e. The molecule has 1 aliphatic rings. The normalized spacial score (nSPS) is 40.6. The minimum Gasteiger partial charge on any atom is -0.380 e. The Hall–Kier alpha value is -0.0800. The highest BCUT2D eigenvalue weighted by Gasteiger charge is 2.19. The van der Waals surface area contributed by atoms with E-state index in [9.17, 15) is 0 Å². The lowest BCUT2D eigenvalue weighted by atomic mass is 10.3. The van der Waals surface area contributed by atoms with E-state index >= 15 is 0 Å². The molecule has 0 aromatic carbocycles. The predicted molar refractivity (Wildman–Crippen MR) is 37.5 cm³/mol. The van der Waals surface area contributed by atoms with Crippen LogP contribution in [0.2, 0.25) is 0 Å². The predicted octanol–water partition coefficient (Wildman–Crippen LogP) is 0.727. The van der Waals surface area contributed by atoms with Crippen LogP contribution in [0.4, 0.5) is 0 Å². The summed E-state index contributed by atoms with van der Waals surface area (Å²) in [5, 5.41) is 0. The molecule has 1 heterocycles. The Balaban J connectivity index is 2.66. The Labute approximate surface area is 63.8 Å². The Morgan fingerprint density at radius 3 is 3.44 bits per heavy atom. The lowest BCUT2D eigenvalue weighted by molar-refractivity contribution is 0.109. The molecular weight excluding hydrogens is 114 g/mol. The molecule has 1 atom stereocenters. The number of likely N-dealkylation sites (tertiary alicyclic amines) is 1. The molecule has 0 aromatic rings. The minimum absolute atomic E-state index is 0.0487. The Kier molecular flexibility index (Phi) is 1.02. The summed E-state index contributed by atoms with van der Waals surface area (Å²) in [4.78, 5) is 1.33. The van der Waals surface area contributed by atoms with Crippen LogP contribution in [0, 0.1) is 0 Å². The van der Waals surface area contributed by atoms with Crippen molar-refractivity contribution in [2.24, 2.45) is 0 Å². The average molecular weight is 134 g/mol. The van der Waals surface area contributed by atoms with Gasteiger partial charge in [-0.1, -0.05) is 6.85 Å². The topological polar surface area (TPSA) is 12.5 Å². The second-order valence-corrected chi connectivity index (χ2v) is 2.20. The van der Waals surface area contributed by atoms with Crippen LogP contribution in [0.15, 0.2) is 0 Å². The van der Waals surface area contributed by atoms with Gasteiger partial charge < -0.3 is 9.64 Å². The van der Waals surface area contributed by atoms with Gasteiger partial charge in [0.25, 0.3) is 0 Å². The van der Waals surface area contributed by atoms with Gasteiger partial charge in [0.1, 0.15) is 0 Å². The first kappa shape index (κ1) is 2.89. The third kappa shape index (κ3) is 1.66. The first-order valence-corrected chi connectivity index (χ1v) is 3.07. The second-order valence-electron chi connectivity index (χ2n) is 2.20. The van der Waals surface area contributed by atoms with E-state index in [0.717, 1.165) is 0 Å². The number of likely N-dealkylation sites (N-methyl/N-ethyl adjacent to an activating group) is 1. The van der Waals surface area contributed by atoms with E-state index in [0.29, 0.717) is 19.5 Å². The molecule has 1 fully saturated rings. The number of hydrogen-bond donors (Lipinski definition) is 0. The highest BCUT2D eigenvalue weighted by Crippen LogP contribution is 2.10. The van der Waals surface area contributed by atoms with Crippen LogP contribution in [0.5, 0.6) is 0 Å². The van der Waals surface area contributed by atoms with E-state index in [2.05, 4.69) is 0 Å². The zero-order chi connectivity index (χ0) is 11.0. The Bertz CT molecular complexity index is 205. The molecule has 0 aromatic heterocycles. The van der Waals surface area contributed by atoms with Gasteiger partial charge in [0.15, 0.2) is 0 Å². The van der Waals surface area contributed by atoms with Crippen molar-refractivity contribution < 1.29 is 11.6 Å². The van der Waals surface area contributed by atoms with E-state index in [1.165, 1.54) is 4.90 Å². The van der Waals surface area contributed by atoms with Crippen LogP contribution in [0.3, 0.4) is 0 Å². The summed E-state index contributed by atoms with van der Waals surface area (Å²) in [6.07, 6.45) is 0.638. The molecule has 0 saturated carbocycles. The third-order valence-corrected chi connectivity index (χ3v) is 1.64. The fourth-order valence-electron chi connectivity index (χ4n) is 1.02. The van der Waals surface area contributed by atoms with Gasteiger partial charge in [-0.25, -0.2) is 0 Å². The third-order valence-electron chi connectivity index (χ3n) is 1.64. The zero-order valence-electron chi connectivity index (χ0n) is 10.6. The number of rotatable bonds is 2. The molecule has 1 rings (SSSR count). The number of hydrogen-bond acceptors (Lipinski definition) is 2. The van der Waals surface area contributed by atoms with Gasteiger partial charge in [-0.05, 0) is 12.9 Å². The molecule has 54 valence electrons. The van der Waals surface area contributed by atoms with Crippen LogP contribution < -0.4 is 0 Å². The first-order valence-electron chi connectivity index (χ1n) is 5.57. The van der Waals surface area contributed by atoms with Crippen molar-refractivity contribution in [3.8, 4) is 0 Å². The maximum Gasteiger partial charge on any atom is 0.0710 e. The monoisotopic (exact) mass is 134 g/mol. The van der Waals surface area contributed by atoms with Crippen molar-refractivity contribution in [2.75, 3.05) is 26.7 Å². The number of ether oxygens (including phenoxy) is 1. The van der Waals surface area contributed by atoms with E-state index in [1.807, 2.05) is 0 Å². The summed E-state index contributed by atoms with van der Waals surface area (Å²) >= 11 is 0. The molecule has 0 spiro atoms. The lowest BCUT2D eigenvalue weighted by Crippen LogP contribution is -2.22. The van der Waals surface area contributed by atoms with Crippen molar-refractivity contribution >= 4 is 0 Å². The van der Waals surface area contributed by atoms with Crippen LogP contribution >= 0.6 is 0 Å². The maximum atomic E-state index is 7.51. The molecule has 1 aliphatic heterocycles.